The number of ether oxygens (including phenoxy) is 1. The number of carbonyl (C=O) groups excluding carboxylic acids is 1. The molecule has 0 aliphatic heterocycles. The van der Waals surface area contributed by atoms with E-state index in [9.17, 15) is 4.79 Å². The molecule has 0 saturated carbocycles. The molecular formula is C21H20ClN3O2. The number of pyridine rings is 1. The number of benzene rings is 2. The number of hydrogen-bond donors (Lipinski definition) is 2. The average molecular weight is 382 g/mol. The molecule has 0 saturated heterocycles. The fourth-order valence-electron chi connectivity index (χ4n) is 2.68. The van der Waals surface area contributed by atoms with Crippen LogP contribution in [0.15, 0.2) is 66.9 Å². The maximum absolute atomic E-state index is 12.2. The molecule has 3 rings (SSSR count). The topological polar surface area (TPSA) is 63.2 Å². The Labute approximate surface area is 163 Å². The zero-order valence-electron chi connectivity index (χ0n) is 14.9. The minimum Gasteiger partial charge on any atom is -0.496 e. The minimum atomic E-state index is -0.291. The van der Waals surface area contributed by atoms with Gasteiger partial charge in [0.1, 0.15) is 10.9 Å². The number of halogens is 1. The van der Waals surface area contributed by atoms with E-state index < -0.39 is 0 Å². The Bertz CT molecular complexity index is 899. The van der Waals surface area contributed by atoms with Crippen LogP contribution in [-0.2, 0) is 13.0 Å². The minimum absolute atomic E-state index is 0.291. The number of anilines is 1. The second-order valence-electron chi connectivity index (χ2n) is 5.99. The van der Waals surface area contributed by atoms with Gasteiger partial charge in [-0.2, -0.15) is 0 Å². The quantitative estimate of drug-likeness (QED) is 0.610. The van der Waals surface area contributed by atoms with Gasteiger partial charge < -0.3 is 15.4 Å². The summed E-state index contributed by atoms with van der Waals surface area (Å²) in [7, 11) is 1.64. The molecule has 2 aromatic carbocycles. The van der Waals surface area contributed by atoms with E-state index in [2.05, 4.69) is 27.8 Å². The highest BCUT2D eigenvalue weighted by Crippen LogP contribution is 2.25. The molecule has 5 nitrogen and oxygen atoms in total. The fourth-order valence-corrected chi connectivity index (χ4v) is 2.79. The summed E-state index contributed by atoms with van der Waals surface area (Å²) in [4.78, 5) is 16.2. The van der Waals surface area contributed by atoms with Crippen LogP contribution in [0.1, 0.15) is 16.7 Å². The number of aromatic nitrogens is 1. The average Bonchev–Trinajstić information content (AvgIpc) is 2.69. The number of nitrogens with one attached hydrogen (secondary N) is 2. The van der Waals surface area contributed by atoms with Crippen LogP contribution in [0, 0.1) is 0 Å². The van der Waals surface area contributed by atoms with Crippen molar-refractivity contribution in [3.8, 4) is 5.75 Å². The largest absolute Gasteiger partial charge is 0.496 e. The molecular weight excluding hydrogens is 362 g/mol. The molecule has 0 aliphatic rings. The van der Waals surface area contributed by atoms with E-state index in [4.69, 9.17) is 16.3 Å². The summed E-state index contributed by atoms with van der Waals surface area (Å²) in [6.45, 7) is 0.364. The third-order valence-corrected chi connectivity index (χ3v) is 4.24. The maximum Gasteiger partial charge on any atom is 0.319 e. The van der Waals surface area contributed by atoms with Crippen molar-refractivity contribution in [2.45, 2.75) is 13.0 Å². The number of amides is 2. The van der Waals surface area contributed by atoms with Gasteiger partial charge in [-0.15, -0.1) is 0 Å². The van der Waals surface area contributed by atoms with Crippen LogP contribution in [0.2, 0.25) is 5.15 Å². The van der Waals surface area contributed by atoms with Gasteiger partial charge in [0.2, 0.25) is 0 Å². The highest BCUT2D eigenvalue weighted by atomic mass is 35.5. The predicted molar refractivity (Wildman–Crippen MR) is 107 cm³/mol. The predicted octanol–water partition coefficient (Wildman–Crippen LogP) is 4.66. The number of rotatable bonds is 6. The lowest BCUT2D eigenvalue weighted by atomic mass is 10.0. The first-order chi connectivity index (χ1) is 13.1. The Kier molecular flexibility index (Phi) is 6.28. The van der Waals surface area contributed by atoms with Gasteiger partial charge in [-0.1, -0.05) is 48.0 Å². The van der Waals surface area contributed by atoms with Gasteiger partial charge >= 0.3 is 6.03 Å². The summed E-state index contributed by atoms with van der Waals surface area (Å²) in [6, 6.07) is 18.9. The Morgan fingerprint density at radius 1 is 1.07 bits per heavy atom. The second kappa shape index (κ2) is 9.05. The molecule has 0 atom stereocenters. The Morgan fingerprint density at radius 3 is 2.59 bits per heavy atom. The summed E-state index contributed by atoms with van der Waals surface area (Å²) >= 11 is 5.76. The maximum atomic E-state index is 12.2. The molecule has 1 heterocycles. The molecule has 138 valence electrons. The van der Waals surface area contributed by atoms with Gasteiger partial charge in [-0.05, 0) is 35.4 Å². The summed E-state index contributed by atoms with van der Waals surface area (Å²) in [5.41, 5.74) is 3.75. The Morgan fingerprint density at radius 2 is 1.89 bits per heavy atom. The van der Waals surface area contributed by atoms with Crippen LogP contribution < -0.4 is 15.4 Å². The lowest BCUT2D eigenvalue weighted by Crippen LogP contribution is -2.28. The molecule has 0 fully saturated rings. The van der Waals surface area contributed by atoms with Crippen LogP contribution in [0.25, 0.3) is 0 Å². The highest BCUT2D eigenvalue weighted by Gasteiger charge is 2.08. The van der Waals surface area contributed by atoms with Gasteiger partial charge in [0.15, 0.2) is 0 Å². The number of carbonyl (C=O) groups is 1. The van der Waals surface area contributed by atoms with Crippen molar-refractivity contribution in [1.29, 1.82) is 0 Å². The first-order valence-electron chi connectivity index (χ1n) is 8.50. The van der Waals surface area contributed by atoms with Crippen molar-refractivity contribution in [2.24, 2.45) is 0 Å². The number of urea groups is 1. The summed E-state index contributed by atoms with van der Waals surface area (Å²) < 4.78 is 5.45. The Balaban J connectivity index is 1.64. The van der Waals surface area contributed by atoms with Gasteiger partial charge in [-0.25, -0.2) is 9.78 Å². The smallest absolute Gasteiger partial charge is 0.319 e. The molecule has 0 spiro atoms. The number of methoxy groups -OCH3 is 1. The van der Waals surface area contributed by atoms with Gasteiger partial charge in [0.05, 0.1) is 7.11 Å². The van der Waals surface area contributed by atoms with E-state index >= 15 is 0 Å². The zero-order chi connectivity index (χ0) is 19.1. The van der Waals surface area contributed by atoms with Crippen molar-refractivity contribution in [2.75, 3.05) is 12.4 Å². The first-order valence-corrected chi connectivity index (χ1v) is 8.88. The third kappa shape index (κ3) is 5.46. The summed E-state index contributed by atoms with van der Waals surface area (Å²) in [5, 5.41) is 6.07. The molecule has 0 unspecified atom stereocenters. The van der Waals surface area contributed by atoms with Crippen LogP contribution in [0.4, 0.5) is 10.5 Å². The van der Waals surface area contributed by atoms with Gasteiger partial charge in [-0.3, -0.25) is 0 Å². The molecule has 0 radical (unpaired) electrons. The lowest BCUT2D eigenvalue weighted by molar-refractivity contribution is 0.251. The monoisotopic (exact) mass is 381 g/mol. The molecule has 6 heteroatoms. The van der Waals surface area contributed by atoms with Crippen molar-refractivity contribution in [1.82, 2.24) is 10.3 Å². The molecule has 1 aromatic heterocycles. The first kappa shape index (κ1) is 18.7. The SMILES string of the molecule is COc1ccc(NC(=O)NCc2ccc(Cl)nc2)cc1Cc1ccccc1. The molecule has 3 aromatic rings. The van der Waals surface area contributed by atoms with Crippen LogP contribution in [0.5, 0.6) is 5.75 Å². The number of hydrogen-bond acceptors (Lipinski definition) is 3. The third-order valence-electron chi connectivity index (χ3n) is 4.02. The standard InChI is InChI=1S/C21H20ClN3O2/c1-27-19-9-8-18(12-17(19)11-15-5-3-2-4-6-15)25-21(26)24-14-16-7-10-20(22)23-13-16/h2-10,12-13H,11,14H2,1H3,(H2,24,25,26). The van der Waals surface area contributed by atoms with Gasteiger partial charge in [0.25, 0.3) is 0 Å². The van der Waals surface area contributed by atoms with E-state index in [0.29, 0.717) is 17.4 Å². The van der Waals surface area contributed by atoms with Crippen molar-refractivity contribution in [3.63, 3.8) is 0 Å². The second-order valence-corrected chi connectivity index (χ2v) is 6.37. The van der Waals surface area contributed by atoms with Crippen LogP contribution >= 0.6 is 11.6 Å². The van der Waals surface area contributed by atoms with E-state index in [1.807, 2.05) is 42.5 Å². The summed E-state index contributed by atoms with van der Waals surface area (Å²) in [6.07, 6.45) is 2.35. The van der Waals surface area contributed by atoms with Crippen molar-refractivity contribution < 1.29 is 9.53 Å². The van der Waals surface area contributed by atoms with Crippen molar-refractivity contribution >= 4 is 23.3 Å². The van der Waals surface area contributed by atoms with Crippen LogP contribution in [-0.4, -0.2) is 18.1 Å². The van der Waals surface area contributed by atoms with Crippen molar-refractivity contribution in [3.05, 3.63) is 88.7 Å². The lowest BCUT2D eigenvalue weighted by Gasteiger charge is -2.12. The van der Waals surface area contributed by atoms with Crippen LogP contribution in [0.3, 0.4) is 0 Å². The van der Waals surface area contributed by atoms with Gasteiger partial charge in [0, 0.05) is 30.4 Å². The summed E-state index contributed by atoms with van der Waals surface area (Å²) in [5.74, 6) is 0.789. The normalized spacial score (nSPS) is 10.3. The van der Waals surface area contributed by atoms with E-state index in [1.54, 1.807) is 19.4 Å². The molecule has 27 heavy (non-hydrogen) atoms. The Hall–Kier alpha value is -3.05. The molecule has 2 N–H and O–H groups in total. The molecule has 0 bridgehead atoms. The molecule has 2 amide bonds. The fraction of sp³-hybridized carbons (Fsp3) is 0.143. The van der Waals surface area contributed by atoms with E-state index in [-0.39, 0.29) is 6.03 Å². The van der Waals surface area contributed by atoms with E-state index in [0.717, 1.165) is 23.3 Å². The number of nitrogens with zero attached hydrogens (tertiary/aromatic N) is 1. The zero-order valence-corrected chi connectivity index (χ0v) is 15.7. The van der Waals surface area contributed by atoms with E-state index in [1.165, 1.54) is 5.56 Å². The molecule has 0 aliphatic carbocycles. The highest BCUT2D eigenvalue weighted by molar-refractivity contribution is 6.29.